The number of alkyl halides is 2. The van der Waals surface area contributed by atoms with Crippen molar-refractivity contribution in [3.63, 3.8) is 0 Å². The zero-order chi connectivity index (χ0) is 13.4. The molecule has 0 bridgehead atoms. The highest BCUT2D eigenvalue weighted by Crippen LogP contribution is 2.11. The molecule has 0 fully saturated rings. The minimum absolute atomic E-state index is 0.128. The first-order chi connectivity index (χ1) is 8.61. The van der Waals surface area contributed by atoms with Crippen molar-refractivity contribution >= 4 is 0 Å². The van der Waals surface area contributed by atoms with Crippen LogP contribution in [0.1, 0.15) is 5.56 Å². The van der Waals surface area contributed by atoms with E-state index in [0.717, 1.165) is 11.3 Å². The highest BCUT2D eigenvalue weighted by Gasteiger charge is 2.11. The highest BCUT2D eigenvalue weighted by molar-refractivity contribution is 5.26. The summed E-state index contributed by atoms with van der Waals surface area (Å²) in [6, 6.07) is 7.55. The van der Waals surface area contributed by atoms with Crippen LogP contribution in [0.4, 0.5) is 8.78 Å². The van der Waals surface area contributed by atoms with Crippen LogP contribution in [0.5, 0.6) is 5.75 Å². The van der Waals surface area contributed by atoms with Crippen LogP contribution in [0.25, 0.3) is 0 Å². The van der Waals surface area contributed by atoms with Gasteiger partial charge in [-0.3, -0.25) is 4.90 Å². The average Bonchev–Trinajstić information content (AvgIpc) is 2.31. The monoisotopic (exact) mass is 259 g/mol. The van der Waals surface area contributed by atoms with Gasteiger partial charge in [-0.15, -0.1) is 0 Å². The van der Waals surface area contributed by atoms with Gasteiger partial charge in [-0.1, -0.05) is 17.7 Å². The Labute approximate surface area is 106 Å². The van der Waals surface area contributed by atoms with Gasteiger partial charge in [0.2, 0.25) is 0 Å². The molecule has 1 N–H and O–H groups in total. The molecule has 1 aromatic rings. The number of aryl methyl sites for hydroxylation is 1. The number of halogens is 2. The highest BCUT2D eigenvalue weighted by atomic mass is 19.3. The van der Waals surface area contributed by atoms with Gasteiger partial charge in [0.15, 0.2) is 0 Å². The molecule has 0 aliphatic heterocycles. The zero-order valence-corrected chi connectivity index (χ0v) is 10.5. The zero-order valence-electron chi connectivity index (χ0n) is 10.5. The van der Waals surface area contributed by atoms with Gasteiger partial charge in [0.25, 0.3) is 6.43 Å². The maximum Gasteiger partial charge on any atom is 0.251 e. The van der Waals surface area contributed by atoms with E-state index in [1.807, 2.05) is 31.2 Å². The molecule has 3 nitrogen and oxygen atoms in total. The number of hydrogen-bond donors (Lipinski definition) is 1. The molecule has 1 rings (SSSR count). The number of nitrogens with zero attached hydrogens (tertiary/aromatic N) is 1. The van der Waals surface area contributed by atoms with Crippen LogP contribution in [-0.2, 0) is 0 Å². The predicted molar refractivity (Wildman–Crippen MR) is 66.2 cm³/mol. The van der Waals surface area contributed by atoms with Gasteiger partial charge in [0.1, 0.15) is 12.4 Å². The standard InChI is InChI=1S/C13H19F2NO2/c1-11-2-4-12(5-3-11)18-9-7-16(6-8-17)10-13(14)15/h2-5,13,17H,6-10H2,1H3. The molecular weight excluding hydrogens is 240 g/mol. The van der Waals surface area contributed by atoms with Crippen molar-refractivity contribution in [2.75, 3.05) is 32.8 Å². The van der Waals surface area contributed by atoms with Gasteiger partial charge in [-0.05, 0) is 19.1 Å². The van der Waals surface area contributed by atoms with Crippen LogP contribution in [0.3, 0.4) is 0 Å². The number of benzene rings is 1. The number of ether oxygens (including phenoxy) is 1. The van der Waals surface area contributed by atoms with Crippen molar-refractivity contribution in [2.45, 2.75) is 13.3 Å². The molecule has 18 heavy (non-hydrogen) atoms. The van der Waals surface area contributed by atoms with E-state index in [4.69, 9.17) is 9.84 Å². The summed E-state index contributed by atoms with van der Waals surface area (Å²) in [5.41, 5.74) is 1.14. The third-order valence-corrected chi connectivity index (χ3v) is 2.51. The Bertz CT molecular complexity index is 330. The van der Waals surface area contributed by atoms with E-state index >= 15 is 0 Å². The Hall–Kier alpha value is -1.20. The molecule has 0 amide bonds. The first kappa shape index (κ1) is 14.9. The fraction of sp³-hybridized carbons (Fsp3) is 0.538. The lowest BCUT2D eigenvalue weighted by Gasteiger charge is -2.20. The van der Waals surface area contributed by atoms with Crippen molar-refractivity contribution in [1.82, 2.24) is 4.90 Å². The number of aliphatic hydroxyl groups is 1. The van der Waals surface area contributed by atoms with E-state index in [1.54, 1.807) is 0 Å². The van der Waals surface area contributed by atoms with E-state index < -0.39 is 6.43 Å². The molecule has 0 unspecified atom stereocenters. The van der Waals surface area contributed by atoms with Crippen molar-refractivity contribution in [3.05, 3.63) is 29.8 Å². The van der Waals surface area contributed by atoms with Crippen molar-refractivity contribution < 1.29 is 18.6 Å². The van der Waals surface area contributed by atoms with Gasteiger partial charge >= 0.3 is 0 Å². The summed E-state index contributed by atoms with van der Waals surface area (Å²) in [6.07, 6.45) is -2.39. The number of aliphatic hydroxyl groups excluding tert-OH is 1. The maximum atomic E-state index is 12.2. The maximum absolute atomic E-state index is 12.2. The van der Waals surface area contributed by atoms with E-state index in [-0.39, 0.29) is 19.7 Å². The van der Waals surface area contributed by atoms with Gasteiger partial charge in [-0.2, -0.15) is 0 Å². The van der Waals surface area contributed by atoms with Crippen molar-refractivity contribution in [2.24, 2.45) is 0 Å². The second-order valence-corrected chi connectivity index (χ2v) is 4.08. The Morgan fingerprint density at radius 3 is 2.44 bits per heavy atom. The molecule has 5 heteroatoms. The Kier molecular flexibility index (Phi) is 6.60. The molecule has 0 radical (unpaired) electrons. The first-order valence-electron chi connectivity index (χ1n) is 5.92. The average molecular weight is 259 g/mol. The number of hydrogen-bond acceptors (Lipinski definition) is 3. The molecular formula is C13H19F2NO2. The molecule has 0 heterocycles. The van der Waals surface area contributed by atoms with E-state index in [1.165, 1.54) is 4.90 Å². The summed E-state index contributed by atoms with van der Waals surface area (Å²) in [6.45, 7) is 2.46. The van der Waals surface area contributed by atoms with Crippen LogP contribution >= 0.6 is 0 Å². The van der Waals surface area contributed by atoms with Gasteiger partial charge in [0.05, 0.1) is 13.2 Å². The van der Waals surface area contributed by atoms with E-state index in [0.29, 0.717) is 13.2 Å². The Morgan fingerprint density at radius 2 is 1.89 bits per heavy atom. The summed E-state index contributed by atoms with van der Waals surface area (Å²) in [7, 11) is 0. The first-order valence-corrected chi connectivity index (χ1v) is 5.92. The van der Waals surface area contributed by atoms with Crippen LogP contribution < -0.4 is 4.74 Å². The third kappa shape index (κ3) is 5.93. The van der Waals surface area contributed by atoms with Gasteiger partial charge in [0, 0.05) is 13.1 Å². The lowest BCUT2D eigenvalue weighted by atomic mass is 10.2. The SMILES string of the molecule is Cc1ccc(OCCN(CCO)CC(F)F)cc1. The quantitative estimate of drug-likeness (QED) is 0.774. The predicted octanol–water partition coefficient (Wildman–Crippen LogP) is 1.93. The Balaban J connectivity index is 2.31. The minimum Gasteiger partial charge on any atom is -0.492 e. The summed E-state index contributed by atoms with van der Waals surface area (Å²) < 4.78 is 29.9. The fourth-order valence-electron chi connectivity index (χ4n) is 1.56. The smallest absolute Gasteiger partial charge is 0.251 e. The van der Waals surface area contributed by atoms with Crippen molar-refractivity contribution in [1.29, 1.82) is 0 Å². The molecule has 0 aromatic heterocycles. The van der Waals surface area contributed by atoms with Crippen LogP contribution in [0.2, 0.25) is 0 Å². The lowest BCUT2D eigenvalue weighted by Crippen LogP contribution is -2.35. The molecule has 0 atom stereocenters. The molecule has 0 spiro atoms. The molecule has 0 saturated heterocycles. The van der Waals surface area contributed by atoms with Gasteiger partial charge < -0.3 is 9.84 Å². The van der Waals surface area contributed by atoms with Crippen LogP contribution in [0, 0.1) is 6.92 Å². The summed E-state index contributed by atoms with van der Waals surface area (Å²) >= 11 is 0. The third-order valence-electron chi connectivity index (χ3n) is 2.51. The van der Waals surface area contributed by atoms with Crippen LogP contribution in [0.15, 0.2) is 24.3 Å². The van der Waals surface area contributed by atoms with Crippen molar-refractivity contribution in [3.8, 4) is 5.75 Å². The molecule has 0 aliphatic carbocycles. The second-order valence-electron chi connectivity index (χ2n) is 4.08. The fourth-order valence-corrected chi connectivity index (χ4v) is 1.56. The molecule has 0 aliphatic rings. The summed E-state index contributed by atoms with van der Waals surface area (Å²) in [5.74, 6) is 0.724. The van der Waals surface area contributed by atoms with E-state index in [2.05, 4.69) is 0 Å². The largest absolute Gasteiger partial charge is 0.492 e. The molecule has 1 aromatic carbocycles. The topological polar surface area (TPSA) is 32.7 Å². The molecule has 102 valence electrons. The minimum atomic E-state index is -2.39. The summed E-state index contributed by atoms with van der Waals surface area (Å²) in [5, 5.41) is 8.77. The summed E-state index contributed by atoms with van der Waals surface area (Å²) in [4.78, 5) is 1.48. The number of rotatable bonds is 8. The lowest BCUT2D eigenvalue weighted by molar-refractivity contribution is 0.0709. The second kappa shape index (κ2) is 8.00. The normalized spacial score (nSPS) is 11.2. The van der Waals surface area contributed by atoms with E-state index in [9.17, 15) is 8.78 Å². The van der Waals surface area contributed by atoms with Crippen LogP contribution in [-0.4, -0.2) is 49.3 Å². The Morgan fingerprint density at radius 1 is 1.22 bits per heavy atom. The van der Waals surface area contributed by atoms with Gasteiger partial charge in [-0.25, -0.2) is 8.78 Å². The molecule has 0 saturated carbocycles.